The SMILES string of the molecule is CC(=O)C1(c2ccccc2)CCN(Cc2nnc(C3CC3)o2)CC1. The Bertz CT molecular complexity index is 713. The van der Waals surface area contributed by atoms with E-state index in [1.807, 2.05) is 18.2 Å². The summed E-state index contributed by atoms with van der Waals surface area (Å²) in [7, 11) is 0. The highest BCUT2D eigenvalue weighted by Gasteiger charge is 2.40. The molecule has 0 spiro atoms. The van der Waals surface area contributed by atoms with Crippen LogP contribution in [-0.2, 0) is 16.8 Å². The second kappa shape index (κ2) is 6.13. The fourth-order valence-electron chi connectivity index (χ4n) is 3.71. The zero-order valence-corrected chi connectivity index (χ0v) is 14.1. The number of nitrogens with zero attached hydrogens (tertiary/aromatic N) is 3. The Kier molecular flexibility index (Phi) is 3.96. The monoisotopic (exact) mass is 325 g/mol. The van der Waals surface area contributed by atoms with Crippen LogP contribution < -0.4 is 0 Å². The van der Waals surface area contributed by atoms with Gasteiger partial charge < -0.3 is 4.42 Å². The molecule has 0 unspecified atom stereocenters. The normalized spacial score (nSPS) is 20.9. The standard InChI is InChI=1S/C19H23N3O2/c1-14(23)19(16-5-3-2-4-6-16)9-11-22(12-10-19)13-17-20-21-18(24-17)15-7-8-15/h2-6,15H,7-13H2,1H3. The van der Waals surface area contributed by atoms with Crippen LogP contribution in [0, 0.1) is 0 Å². The molecule has 0 atom stereocenters. The van der Waals surface area contributed by atoms with Crippen molar-refractivity contribution in [3.05, 3.63) is 47.7 Å². The third-order valence-corrected chi connectivity index (χ3v) is 5.48. The van der Waals surface area contributed by atoms with E-state index < -0.39 is 0 Å². The Morgan fingerprint density at radius 2 is 1.92 bits per heavy atom. The second-order valence-corrected chi connectivity index (χ2v) is 7.09. The molecule has 1 saturated carbocycles. The van der Waals surface area contributed by atoms with Gasteiger partial charge in [-0.25, -0.2) is 0 Å². The third kappa shape index (κ3) is 2.88. The lowest BCUT2D eigenvalue weighted by Gasteiger charge is -2.40. The number of rotatable bonds is 5. The van der Waals surface area contributed by atoms with E-state index in [-0.39, 0.29) is 11.2 Å². The Morgan fingerprint density at radius 3 is 2.54 bits per heavy atom. The van der Waals surface area contributed by atoms with Gasteiger partial charge in [0.15, 0.2) is 0 Å². The van der Waals surface area contributed by atoms with Crippen LogP contribution in [0.25, 0.3) is 0 Å². The lowest BCUT2D eigenvalue weighted by atomic mass is 9.70. The zero-order valence-electron chi connectivity index (χ0n) is 14.1. The van der Waals surface area contributed by atoms with Crippen molar-refractivity contribution >= 4 is 5.78 Å². The summed E-state index contributed by atoms with van der Waals surface area (Å²) in [5.41, 5.74) is 0.803. The molecule has 4 rings (SSSR count). The van der Waals surface area contributed by atoms with E-state index in [1.54, 1.807) is 6.92 Å². The molecule has 1 aromatic carbocycles. The van der Waals surface area contributed by atoms with Crippen molar-refractivity contribution in [1.29, 1.82) is 0 Å². The van der Waals surface area contributed by atoms with Crippen LogP contribution in [0.4, 0.5) is 0 Å². The fraction of sp³-hybridized carbons (Fsp3) is 0.526. The molecule has 2 aromatic rings. The van der Waals surface area contributed by atoms with E-state index in [0.717, 1.165) is 37.4 Å². The summed E-state index contributed by atoms with van der Waals surface area (Å²) in [6.45, 7) is 4.15. The zero-order chi connectivity index (χ0) is 16.6. The van der Waals surface area contributed by atoms with Gasteiger partial charge in [0.2, 0.25) is 11.8 Å². The smallest absolute Gasteiger partial charge is 0.230 e. The first-order valence-corrected chi connectivity index (χ1v) is 8.78. The minimum atomic E-state index is -0.341. The first-order valence-electron chi connectivity index (χ1n) is 8.78. The predicted molar refractivity (Wildman–Crippen MR) is 89.6 cm³/mol. The van der Waals surface area contributed by atoms with Gasteiger partial charge in [0.05, 0.1) is 12.0 Å². The summed E-state index contributed by atoms with van der Waals surface area (Å²) in [5, 5.41) is 8.33. The van der Waals surface area contributed by atoms with Crippen molar-refractivity contribution in [2.45, 2.75) is 50.5 Å². The molecule has 1 saturated heterocycles. The summed E-state index contributed by atoms with van der Waals surface area (Å²) in [5.74, 6) is 2.26. The molecule has 0 amide bonds. The molecule has 2 heterocycles. The van der Waals surface area contributed by atoms with E-state index in [2.05, 4.69) is 27.2 Å². The highest BCUT2D eigenvalue weighted by molar-refractivity contribution is 5.88. The first-order chi connectivity index (χ1) is 11.7. The minimum absolute atomic E-state index is 0.266. The van der Waals surface area contributed by atoms with Gasteiger partial charge in [0, 0.05) is 5.92 Å². The maximum absolute atomic E-state index is 12.4. The average Bonchev–Trinajstić information content (AvgIpc) is 3.36. The molecule has 2 aliphatic rings. The van der Waals surface area contributed by atoms with Crippen molar-refractivity contribution in [2.75, 3.05) is 13.1 Å². The topological polar surface area (TPSA) is 59.2 Å². The van der Waals surface area contributed by atoms with Gasteiger partial charge >= 0.3 is 0 Å². The predicted octanol–water partition coefficient (Wildman–Crippen LogP) is 3.07. The number of piperidine rings is 1. The molecule has 5 heteroatoms. The number of benzene rings is 1. The fourth-order valence-corrected chi connectivity index (χ4v) is 3.71. The van der Waals surface area contributed by atoms with Crippen molar-refractivity contribution in [3.63, 3.8) is 0 Å². The van der Waals surface area contributed by atoms with Crippen molar-refractivity contribution in [1.82, 2.24) is 15.1 Å². The molecule has 1 aliphatic carbocycles. The van der Waals surface area contributed by atoms with Crippen LogP contribution in [0.1, 0.15) is 55.9 Å². The maximum Gasteiger partial charge on any atom is 0.230 e. The second-order valence-electron chi connectivity index (χ2n) is 7.09. The van der Waals surface area contributed by atoms with E-state index in [9.17, 15) is 4.79 Å². The van der Waals surface area contributed by atoms with Crippen LogP contribution in [-0.4, -0.2) is 34.0 Å². The number of ketones is 1. The Morgan fingerprint density at radius 1 is 1.21 bits per heavy atom. The van der Waals surface area contributed by atoms with Gasteiger partial charge in [-0.1, -0.05) is 30.3 Å². The lowest BCUT2D eigenvalue weighted by molar-refractivity contribution is -0.124. The number of aromatic nitrogens is 2. The average molecular weight is 325 g/mol. The van der Waals surface area contributed by atoms with Crippen LogP contribution in [0.2, 0.25) is 0 Å². The van der Waals surface area contributed by atoms with Crippen LogP contribution in [0.15, 0.2) is 34.7 Å². The van der Waals surface area contributed by atoms with Crippen LogP contribution in [0.5, 0.6) is 0 Å². The minimum Gasteiger partial charge on any atom is -0.424 e. The molecule has 0 bridgehead atoms. The Labute approximate surface area is 142 Å². The summed E-state index contributed by atoms with van der Waals surface area (Å²) >= 11 is 0. The summed E-state index contributed by atoms with van der Waals surface area (Å²) in [6, 6.07) is 10.2. The lowest BCUT2D eigenvalue weighted by Crippen LogP contribution is -2.46. The highest BCUT2D eigenvalue weighted by atomic mass is 16.4. The Hall–Kier alpha value is -2.01. The van der Waals surface area contributed by atoms with Crippen LogP contribution in [0.3, 0.4) is 0 Å². The van der Waals surface area contributed by atoms with Gasteiger partial charge in [0.1, 0.15) is 5.78 Å². The highest BCUT2D eigenvalue weighted by Crippen LogP contribution is 2.39. The number of hydrogen-bond donors (Lipinski definition) is 0. The van der Waals surface area contributed by atoms with Gasteiger partial charge in [-0.3, -0.25) is 9.69 Å². The van der Waals surface area contributed by atoms with Gasteiger partial charge in [-0.2, -0.15) is 0 Å². The molecule has 1 aliphatic heterocycles. The molecule has 2 fully saturated rings. The molecule has 24 heavy (non-hydrogen) atoms. The molecular weight excluding hydrogens is 302 g/mol. The summed E-state index contributed by atoms with van der Waals surface area (Å²) in [4.78, 5) is 14.7. The summed E-state index contributed by atoms with van der Waals surface area (Å²) < 4.78 is 5.76. The molecular formula is C19H23N3O2. The molecule has 0 radical (unpaired) electrons. The Balaban J connectivity index is 1.43. The van der Waals surface area contributed by atoms with E-state index in [1.165, 1.54) is 12.8 Å². The largest absolute Gasteiger partial charge is 0.424 e. The van der Waals surface area contributed by atoms with Crippen molar-refractivity contribution < 1.29 is 9.21 Å². The van der Waals surface area contributed by atoms with Crippen molar-refractivity contribution in [2.24, 2.45) is 0 Å². The molecule has 5 nitrogen and oxygen atoms in total. The molecule has 126 valence electrons. The quantitative estimate of drug-likeness (QED) is 0.845. The third-order valence-electron chi connectivity index (χ3n) is 5.48. The maximum atomic E-state index is 12.4. The number of carbonyl (C=O) groups is 1. The van der Waals surface area contributed by atoms with Gasteiger partial charge in [-0.15, -0.1) is 10.2 Å². The number of hydrogen-bond acceptors (Lipinski definition) is 5. The van der Waals surface area contributed by atoms with Crippen LogP contribution >= 0.6 is 0 Å². The number of likely N-dealkylation sites (tertiary alicyclic amines) is 1. The molecule has 1 aromatic heterocycles. The number of carbonyl (C=O) groups excluding carboxylic acids is 1. The first kappa shape index (κ1) is 15.5. The number of Topliss-reactive ketones (excluding diaryl/α,β-unsaturated/α-hetero) is 1. The van der Waals surface area contributed by atoms with E-state index >= 15 is 0 Å². The van der Waals surface area contributed by atoms with E-state index in [4.69, 9.17) is 4.42 Å². The van der Waals surface area contributed by atoms with Crippen molar-refractivity contribution in [3.8, 4) is 0 Å². The van der Waals surface area contributed by atoms with Gasteiger partial charge in [0.25, 0.3) is 0 Å². The molecule has 0 N–H and O–H groups in total. The van der Waals surface area contributed by atoms with Gasteiger partial charge in [-0.05, 0) is 51.3 Å². The van der Waals surface area contributed by atoms with E-state index in [0.29, 0.717) is 18.4 Å². The summed E-state index contributed by atoms with van der Waals surface area (Å²) in [6.07, 6.45) is 4.03.